The van der Waals surface area contributed by atoms with Crippen LogP contribution < -0.4 is 5.32 Å². The van der Waals surface area contributed by atoms with Crippen molar-refractivity contribution in [1.82, 2.24) is 5.32 Å². The molecule has 0 radical (unpaired) electrons. The smallest absolute Gasteiger partial charge is 0.157 e. The molecule has 1 aliphatic carbocycles. The van der Waals surface area contributed by atoms with E-state index < -0.39 is 0 Å². The molecule has 0 aromatic carbocycles. The minimum Gasteiger partial charge on any atom is -0.387 e. The topological polar surface area (TPSA) is 29.1 Å². The summed E-state index contributed by atoms with van der Waals surface area (Å²) in [5.74, 6) is 0.259. The fourth-order valence-electron chi connectivity index (χ4n) is 1.09. The monoisotopic (exact) mass is 185 g/mol. The van der Waals surface area contributed by atoms with Crippen LogP contribution in [0.1, 0.15) is 19.8 Å². The van der Waals surface area contributed by atoms with Gasteiger partial charge in [0.25, 0.3) is 0 Å². The molecule has 3 heteroatoms. The summed E-state index contributed by atoms with van der Waals surface area (Å²) in [5, 5.41) is 3.89. The maximum atomic E-state index is 10.8. The van der Waals surface area contributed by atoms with Crippen LogP contribution in [0.2, 0.25) is 0 Å². The minimum absolute atomic E-state index is 0.259. The second-order valence-electron chi connectivity index (χ2n) is 3.06. The van der Waals surface area contributed by atoms with E-state index in [1.54, 1.807) is 6.08 Å². The molecule has 2 nitrogen and oxygen atoms in total. The van der Waals surface area contributed by atoms with Crippen molar-refractivity contribution in [3.63, 3.8) is 0 Å². The summed E-state index contributed by atoms with van der Waals surface area (Å²) < 4.78 is 0. The predicted octanol–water partition coefficient (Wildman–Crippen LogP) is 1.57. The van der Waals surface area contributed by atoms with E-state index in [0.717, 1.165) is 18.7 Å². The number of carbonyl (C=O) groups is 1. The van der Waals surface area contributed by atoms with Crippen LogP contribution in [0.4, 0.5) is 0 Å². The third-order valence-electron chi connectivity index (χ3n) is 1.99. The van der Waals surface area contributed by atoms with Crippen molar-refractivity contribution >= 4 is 17.5 Å². The number of rotatable bonds is 4. The number of nitrogens with one attached hydrogen (secondary N) is 1. The van der Waals surface area contributed by atoms with Crippen LogP contribution in [-0.4, -0.2) is 23.8 Å². The summed E-state index contributed by atoms with van der Waals surface area (Å²) in [6, 6.07) is 0. The average Bonchev–Trinajstić information content (AvgIpc) is 2.47. The number of hydrogen-bond donors (Lipinski definition) is 1. The van der Waals surface area contributed by atoms with Gasteiger partial charge in [0.2, 0.25) is 0 Å². The lowest BCUT2D eigenvalue weighted by atomic mass is 10.3. The third kappa shape index (κ3) is 2.89. The summed E-state index contributed by atoms with van der Waals surface area (Å²) in [5.41, 5.74) is 1.11. The Bertz CT molecular complexity index is 201. The summed E-state index contributed by atoms with van der Waals surface area (Å²) in [4.78, 5) is 10.8. The molecule has 1 rings (SSSR count). The van der Waals surface area contributed by atoms with Crippen molar-refractivity contribution in [2.75, 3.05) is 12.8 Å². The molecular weight excluding hydrogens is 170 g/mol. The highest BCUT2D eigenvalue weighted by Gasteiger charge is 2.11. The van der Waals surface area contributed by atoms with E-state index in [2.05, 4.69) is 18.5 Å². The molecule has 0 spiro atoms. The molecule has 0 aliphatic heterocycles. The third-order valence-corrected chi connectivity index (χ3v) is 2.97. The zero-order valence-electron chi connectivity index (χ0n) is 7.59. The van der Waals surface area contributed by atoms with Crippen molar-refractivity contribution in [3.8, 4) is 0 Å². The van der Waals surface area contributed by atoms with Gasteiger partial charge in [0.05, 0.1) is 0 Å². The van der Waals surface area contributed by atoms with Crippen molar-refractivity contribution in [2.45, 2.75) is 25.0 Å². The van der Waals surface area contributed by atoms with Gasteiger partial charge >= 0.3 is 0 Å². The van der Waals surface area contributed by atoms with Gasteiger partial charge in [-0.25, -0.2) is 0 Å². The van der Waals surface area contributed by atoms with Crippen molar-refractivity contribution in [2.24, 2.45) is 0 Å². The maximum Gasteiger partial charge on any atom is 0.157 e. The van der Waals surface area contributed by atoms with E-state index in [1.807, 2.05) is 11.8 Å². The first-order valence-electron chi connectivity index (χ1n) is 4.22. The Morgan fingerprint density at radius 1 is 1.67 bits per heavy atom. The first kappa shape index (κ1) is 9.65. The Balaban J connectivity index is 2.24. The van der Waals surface area contributed by atoms with Crippen LogP contribution in [-0.2, 0) is 4.79 Å². The molecule has 0 aromatic rings. The Labute approximate surface area is 77.8 Å². The predicted molar refractivity (Wildman–Crippen MR) is 53.3 cm³/mol. The fraction of sp³-hybridized carbons (Fsp3) is 0.667. The standard InChI is InChI=1S/C9H15NOS/c1-7(12-2)6-10-8-3-4-9(11)5-8/h5,7,10H,3-4,6H2,1-2H3. The van der Waals surface area contributed by atoms with Crippen LogP contribution in [0.25, 0.3) is 0 Å². The van der Waals surface area contributed by atoms with Gasteiger partial charge in [0, 0.05) is 30.0 Å². The molecule has 0 bridgehead atoms. The largest absolute Gasteiger partial charge is 0.387 e. The zero-order valence-corrected chi connectivity index (χ0v) is 8.41. The van der Waals surface area contributed by atoms with E-state index in [1.165, 1.54) is 0 Å². The first-order chi connectivity index (χ1) is 5.72. The van der Waals surface area contributed by atoms with Gasteiger partial charge in [0.15, 0.2) is 5.78 Å². The van der Waals surface area contributed by atoms with Crippen molar-refractivity contribution in [1.29, 1.82) is 0 Å². The molecule has 0 aromatic heterocycles. The van der Waals surface area contributed by atoms with Crippen molar-refractivity contribution in [3.05, 3.63) is 11.8 Å². The van der Waals surface area contributed by atoms with Gasteiger partial charge in [-0.05, 0) is 12.7 Å². The minimum atomic E-state index is 0.259. The maximum absolute atomic E-state index is 10.8. The quantitative estimate of drug-likeness (QED) is 0.721. The SMILES string of the molecule is CSC(C)CNC1=CC(=O)CC1. The number of allylic oxidation sites excluding steroid dienone is 2. The highest BCUT2D eigenvalue weighted by atomic mass is 32.2. The van der Waals surface area contributed by atoms with Crippen LogP contribution in [0, 0.1) is 0 Å². The Morgan fingerprint density at radius 3 is 2.92 bits per heavy atom. The Hall–Kier alpha value is -0.440. The summed E-state index contributed by atoms with van der Waals surface area (Å²) in [6.07, 6.45) is 5.42. The molecule has 12 heavy (non-hydrogen) atoms. The van der Waals surface area contributed by atoms with Crippen LogP contribution in [0.5, 0.6) is 0 Å². The van der Waals surface area contributed by atoms with E-state index in [-0.39, 0.29) is 5.78 Å². The molecular formula is C9H15NOS. The van der Waals surface area contributed by atoms with Gasteiger partial charge in [-0.3, -0.25) is 4.79 Å². The molecule has 0 heterocycles. The second-order valence-corrected chi connectivity index (χ2v) is 4.34. The molecule has 0 saturated heterocycles. The fourth-order valence-corrected chi connectivity index (χ4v) is 1.34. The van der Waals surface area contributed by atoms with E-state index >= 15 is 0 Å². The zero-order chi connectivity index (χ0) is 8.97. The van der Waals surface area contributed by atoms with Gasteiger partial charge in [-0.15, -0.1) is 0 Å². The van der Waals surface area contributed by atoms with Gasteiger partial charge in [0.1, 0.15) is 0 Å². The second kappa shape index (κ2) is 4.55. The molecule has 1 N–H and O–H groups in total. The lowest BCUT2D eigenvalue weighted by Crippen LogP contribution is -2.21. The van der Waals surface area contributed by atoms with Crippen LogP contribution >= 0.6 is 11.8 Å². The van der Waals surface area contributed by atoms with E-state index in [0.29, 0.717) is 11.7 Å². The first-order valence-corrected chi connectivity index (χ1v) is 5.51. The summed E-state index contributed by atoms with van der Waals surface area (Å²) >= 11 is 1.83. The van der Waals surface area contributed by atoms with Gasteiger partial charge < -0.3 is 5.32 Å². The number of hydrogen-bond acceptors (Lipinski definition) is 3. The molecule has 1 atom stereocenters. The molecule has 0 fully saturated rings. The Morgan fingerprint density at radius 2 is 2.42 bits per heavy atom. The number of ketones is 1. The van der Waals surface area contributed by atoms with E-state index in [4.69, 9.17) is 0 Å². The highest BCUT2D eigenvalue weighted by Crippen LogP contribution is 2.12. The molecule has 0 amide bonds. The average molecular weight is 185 g/mol. The molecule has 68 valence electrons. The Kier molecular flexibility index (Phi) is 3.66. The number of thioether (sulfide) groups is 1. The highest BCUT2D eigenvalue weighted by molar-refractivity contribution is 7.99. The normalized spacial score (nSPS) is 19.2. The lowest BCUT2D eigenvalue weighted by Gasteiger charge is -2.10. The molecule has 1 aliphatic rings. The lowest BCUT2D eigenvalue weighted by molar-refractivity contribution is -0.114. The van der Waals surface area contributed by atoms with Crippen molar-refractivity contribution < 1.29 is 4.79 Å². The van der Waals surface area contributed by atoms with E-state index in [9.17, 15) is 4.79 Å². The van der Waals surface area contributed by atoms with Crippen LogP contribution in [0.3, 0.4) is 0 Å². The van der Waals surface area contributed by atoms with Gasteiger partial charge in [-0.1, -0.05) is 6.92 Å². The number of carbonyl (C=O) groups excluding carboxylic acids is 1. The molecule has 0 saturated carbocycles. The van der Waals surface area contributed by atoms with Gasteiger partial charge in [-0.2, -0.15) is 11.8 Å². The summed E-state index contributed by atoms with van der Waals surface area (Å²) in [6.45, 7) is 3.13. The summed E-state index contributed by atoms with van der Waals surface area (Å²) in [7, 11) is 0. The molecule has 1 unspecified atom stereocenters. The van der Waals surface area contributed by atoms with Crippen LogP contribution in [0.15, 0.2) is 11.8 Å².